The van der Waals surface area contributed by atoms with Crippen molar-refractivity contribution >= 4 is 17.2 Å². The van der Waals surface area contributed by atoms with Crippen LogP contribution in [0, 0.1) is 0 Å². The van der Waals surface area contributed by atoms with Crippen molar-refractivity contribution in [3.05, 3.63) is 46.9 Å². The van der Waals surface area contributed by atoms with E-state index in [0.29, 0.717) is 13.1 Å². The number of ether oxygens (including phenoxy) is 1. The number of pyridine rings is 1. The Hall–Kier alpha value is -1.88. The summed E-state index contributed by atoms with van der Waals surface area (Å²) in [4.78, 5) is 18.5. The van der Waals surface area contributed by atoms with Gasteiger partial charge in [0, 0.05) is 6.20 Å². The van der Waals surface area contributed by atoms with Gasteiger partial charge in [0.05, 0.1) is 24.2 Å². The van der Waals surface area contributed by atoms with Gasteiger partial charge in [0.2, 0.25) is 0 Å². The van der Waals surface area contributed by atoms with Gasteiger partial charge >= 0.3 is 0 Å². The summed E-state index contributed by atoms with van der Waals surface area (Å²) in [5.74, 6) is 0.849. The molecule has 0 aliphatic carbocycles. The summed E-state index contributed by atoms with van der Waals surface area (Å²) in [7, 11) is 0. The minimum Gasteiger partial charge on any atom is -0.485 e. The molecule has 2 aromatic heterocycles. The molecule has 4 nitrogen and oxygen atoms in total. The lowest BCUT2D eigenvalue weighted by atomic mass is 10.1. The van der Waals surface area contributed by atoms with Gasteiger partial charge in [0.25, 0.3) is 5.91 Å². The largest absolute Gasteiger partial charge is 0.485 e. The maximum atomic E-state index is 12.0. The number of aromatic nitrogens is 1. The van der Waals surface area contributed by atoms with Crippen LogP contribution in [-0.2, 0) is 0 Å². The SMILES string of the molecule is O=C(c1cccs1)N1CC(Oc2cccnc2)C1. The quantitative estimate of drug-likeness (QED) is 0.848. The molecule has 5 heteroatoms. The summed E-state index contributed by atoms with van der Waals surface area (Å²) >= 11 is 1.47. The fourth-order valence-corrected chi connectivity index (χ4v) is 2.53. The minimum atomic E-state index is 0.0816. The van der Waals surface area contributed by atoms with Gasteiger partial charge < -0.3 is 9.64 Å². The van der Waals surface area contributed by atoms with E-state index < -0.39 is 0 Å². The zero-order valence-electron chi connectivity index (χ0n) is 9.65. The van der Waals surface area contributed by atoms with Crippen molar-refractivity contribution < 1.29 is 9.53 Å². The molecule has 1 amide bonds. The number of likely N-dealkylation sites (tertiary alicyclic amines) is 1. The molecule has 0 radical (unpaired) electrons. The first-order chi connectivity index (χ1) is 8.83. The lowest BCUT2D eigenvalue weighted by molar-refractivity contribution is 0.0180. The molecule has 3 rings (SSSR count). The Morgan fingerprint density at radius 2 is 2.28 bits per heavy atom. The monoisotopic (exact) mass is 260 g/mol. The summed E-state index contributed by atoms with van der Waals surface area (Å²) in [6.45, 7) is 1.29. The second kappa shape index (κ2) is 4.78. The van der Waals surface area contributed by atoms with E-state index in [2.05, 4.69) is 4.98 Å². The Kier molecular flexibility index (Phi) is 2.98. The van der Waals surface area contributed by atoms with Crippen LogP contribution >= 0.6 is 11.3 Å². The van der Waals surface area contributed by atoms with Gasteiger partial charge in [-0.15, -0.1) is 11.3 Å². The van der Waals surface area contributed by atoms with E-state index >= 15 is 0 Å². The highest BCUT2D eigenvalue weighted by atomic mass is 32.1. The highest BCUT2D eigenvalue weighted by Crippen LogP contribution is 2.20. The Bertz CT molecular complexity index is 521. The van der Waals surface area contributed by atoms with E-state index in [1.165, 1.54) is 11.3 Å². The molecule has 18 heavy (non-hydrogen) atoms. The molecule has 92 valence electrons. The molecule has 1 saturated heterocycles. The van der Waals surface area contributed by atoms with Crippen molar-refractivity contribution in [2.45, 2.75) is 6.10 Å². The molecule has 1 aliphatic rings. The van der Waals surface area contributed by atoms with Gasteiger partial charge in [0.15, 0.2) is 0 Å². The van der Waals surface area contributed by atoms with Crippen molar-refractivity contribution in [2.24, 2.45) is 0 Å². The van der Waals surface area contributed by atoms with E-state index in [-0.39, 0.29) is 12.0 Å². The van der Waals surface area contributed by atoms with Crippen LogP contribution in [0.2, 0.25) is 0 Å². The molecule has 1 fully saturated rings. The molecular formula is C13H12N2O2S. The second-order valence-electron chi connectivity index (χ2n) is 4.12. The fraction of sp³-hybridized carbons (Fsp3) is 0.231. The molecule has 2 aromatic rings. The molecular weight excluding hydrogens is 248 g/mol. The van der Waals surface area contributed by atoms with Crippen LogP contribution in [0.4, 0.5) is 0 Å². The van der Waals surface area contributed by atoms with Gasteiger partial charge in [-0.1, -0.05) is 6.07 Å². The van der Waals surface area contributed by atoms with E-state index in [9.17, 15) is 4.79 Å². The van der Waals surface area contributed by atoms with Crippen LogP contribution in [0.3, 0.4) is 0 Å². The van der Waals surface area contributed by atoms with E-state index in [4.69, 9.17) is 4.74 Å². The summed E-state index contributed by atoms with van der Waals surface area (Å²) in [6.07, 6.45) is 3.47. The predicted molar refractivity (Wildman–Crippen MR) is 68.9 cm³/mol. The molecule has 0 unspecified atom stereocenters. The number of amides is 1. The third-order valence-electron chi connectivity index (χ3n) is 2.80. The molecule has 0 aromatic carbocycles. The summed E-state index contributed by atoms with van der Waals surface area (Å²) in [5.41, 5.74) is 0. The smallest absolute Gasteiger partial charge is 0.264 e. The number of carbonyl (C=O) groups excluding carboxylic acids is 1. The number of hydrogen-bond acceptors (Lipinski definition) is 4. The van der Waals surface area contributed by atoms with Crippen molar-refractivity contribution in [3.63, 3.8) is 0 Å². The summed E-state index contributed by atoms with van der Waals surface area (Å²) in [5, 5.41) is 1.91. The molecule has 0 spiro atoms. The third-order valence-corrected chi connectivity index (χ3v) is 3.66. The van der Waals surface area contributed by atoms with Crippen LogP contribution in [0.25, 0.3) is 0 Å². The first-order valence-corrected chi connectivity index (χ1v) is 6.60. The van der Waals surface area contributed by atoms with Gasteiger partial charge in [-0.25, -0.2) is 0 Å². The average Bonchev–Trinajstić information content (AvgIpc) is 2.87. The Labute approximate surface area is 109 Å². The Balaban J connectivity index is 1.53. The van der Waals surface area contributed by atoms with E-state index in [0.717, 1.165) is 10.6 Å². The van der Waals surface area contributed by atoms with Crippen LogP contribution in [-0.4, -0.2) is 35.0 Å². The number of rotatable bonds is 3. The van der Waals surface area contributed by atoms with Crippen molar-refractivity contribution in [1.82, 2.24) is 9.88 Å². The van der Waals surface area contributed by atoms with Gasteiger partial charge in [0.1, 0.15) is 11.9 Å². The molecule has 0 atom stereocenters. The molecule has 0 bridgehead atoms. The standard InChI is InChI=1S/C13H12N2O2S/c16-13(12-4-2-6-18-12)15-8-11(9-15)17-10-3-1-5-14-7-10/h1-7,11H,8-9H2. The Morgan fingerprint density at radius 3 is 2.94 bits per heavy atom. The van der Waals surface area contributed by atoms with E-state index in [1.807, 2.05) is 29.6 Å². The maximum absolute atomic E-state index is 12.0. The first kappa shape index (κ1) is 11.2. The molecule has 1 aliphatic heterocycles. The lowest BCUT2D eigenvalue weighted by Crippen LogP contribution is -2.56. The highest BCUT2D eigenvalue weighted by molar-refractivity contribution is 7.12. The Morgan fingerprint density at radius 1 is 1.39 bits per heavy atom. The maximum Gasteiger partial charge on any atom is 0.264 e. The summed E-state index contributed by atoms with van der Waals surface area (Å²) in [6, 6.07) is 7.45. The normalized spacial score (nSPS) is 15.2. The highest BCUT2D eigenvalue weighted by Gasteiger charge is 2.33. The molecule has 0 saturated carbocycles. The summed E-state index contributed by atoms with van der Waals surface area (Å²) < 4.78 is 5.70. The van der Waals surface area contributed by atoms with Gasteiger partial charge in [-0.2, -0.15) is 0 Å². The zero-order chi connectivity index (χ0) is 12.4. The van der Waals surface area contributed by atoms with Crippen LogP contribution in [0.5, 0.6) is 5.75 Å². The molecule has 3 heterocycles. The van der Waals surface area contributed by atoms with Gasteiger partial charge in [-0.05, 0) is 23.6 Å². The minimum absolute atomic E-state index is 0.0816. The van der Waals surface area contributed by atoms with Crippen LogP contribution in [0.15, 0.2) is 42.0 Å². The first-order valence-electron chi connectivity index (χ1n) is 5.72. The van der Waals surface area contributed by atoms with E-state index in [1.54, 1.807) is 17.3 Å². The number of thiophene rings is 1. The fourth-order valence-electron chi connectivity index (χ4n) is 1.84. The van der Waals surface area contributed by atoms with Gasteiger partial charge in [-0.3, -0.25) is 9.78 Å². The molecule has 0 N–H and O–H groups in total. The van der Waals surface area contributed by atoms with Crippen molar-refractivity contribution in [2.75, 3.05) is 13.1 Å². The van der Waals surface area contributed by atoms with Crippen LogP contribution in [0.1, 0.15) is 9.67 Å². The topological polar surface area (TPSA) is 42.4 Å². The number of nitrogens with zero attached hydrogens (tertiary/aromatic N) is 2. The lowest BCUT2D eigenvalue weighted by Gasteiger charge is -2.38. The zero-order valence-corrected chi connectivity index (χ0v) is 10.5. The average molecular weight is 260 g/mol. The van der Waals surface area contributed by atoms with Crippen LogP contribution < -0.4 is 4.74 Å². The van der Waals surface area contributed by atoms with Crippen molar-refractivity contribution in [3.8, 4) is 5.75 Å². The predicted octanol–water partition coefficient (Wildman–Crippen LogP) is 2.05. The van der Waals surface area contributed by atoms with Crippen molar-refractivity contribution in [1.29, 1.82) is 0 Å². The number of hydrogen-bond donors (Lipinski definition) is 0. The number of carbonyl (C=O) groups is 1. The third kappa shape index (κ3) is 2.22. The second-order valence-corrected chi connectivity index (χ2v) is 5.06.